The highest BCUT2D eigenvalue weighted by Gasteiger charge is 2.54. The summed E-state index contributed by atoms with van der Waals surface area (Å²) in [5.41, 5.74) is 4.76. The molecule has 6 N–H and O–H groups in total. The lowest BCUT2D eigenvalue weighted by atomic mass is 10.0. The zero-order valence-electron chi connectivity index (χ0n) is 26.1. The van der Waals surface area contributed by atoms with Crippen LogP contribution in [-0.2, 0) is 35.3 Å². The van der Waals surface area contributed by atoms with Crippen molar-refractivity contribution in [1.29, 1.82) is 0 Å². The number of aryl methyl sites for hydroxylation is 1. The molecule has 23 heteroatoms. The smallest absolute Gasteiger partial charge is 0.407 e. The van der Waals surface area contributed by atoms with Crippen LogP contribution in [0, 0.1) is 0 Å². The Kier molecular flexibility index (Phi) is 11.8. The molecule has 3 amide bonds. The number of alkyl carbamates (subject to hydrolysis) is 1. The number of nitrogens with one attached hydrogen (secondary N) is 2. The highest BCUT2D eigenvalue weighted by molar-refractivity contribution is 8.01. The third-order valence-corrected chi connectivity index (χ3v) is 9.34. The number of carbonyl (C=O) groups excluding carboxylic acids is 3. The van der Waals surface area contributed by atoms with Gasteiger partial charge in [-0.3, -0.25) is 14.5 Å². The van der Waals surface area contributed by atoms with Crippen molar-refractivity contribution >= 4 is 75.7 Å². The molecule has 2 aromatic heterocycles. The number of oxime groups is 1. The largest absolute Gasteiger partial charge is 0.478 e. The molecule has 48 heavy (non-hydrogen) atoms. The number of thioether (sulfide) groups is 2. The Labute approximate surface area is 285 Å². The normalized spacial score (nSPS) is 18.5. The molecule has 2 aromatic rings. The Bertz CT molecular complexity index is 1620. The number of tetrazole rings is 1. The van der Waals surface area contributed by atoms with Crippen molar-refractivity contribution in [2.75, 3.05) is 23.8 Å². The van der Waals surface area contributed by atoms with Crippen molar-refractivity contribution in [3.63, 3.8) is 0 Å². The number of nitrogen functional groups attached to an aromatic ring is 1. The fourth-order valence-corrected chi connectivity index (χ4v) is 7.08. The van der Waals surface area contributed by atoms with E-state index in [2.05, 4.69) is 40.7 Å². The molecule has 0 aliphatic carbocycles. The minimum atomic E-state index is -1.36. The van der Waals surface area contributed by atoms with E-state index in [1.54, 1.807) is 27.7 Å². The first-order valence-corrected chi connectivity index (χ1v) is 17.1. The van der Waals surface area contributed by atoms with Crippen LogP contribution in [0.2, 0.25) is 0 Å². The second-order valence-electron chi connectivity index (χ2n) is 11.1. The summed E-state index contributed by atoms with van der Waals surface area (Å²) in [5, 5.41) is 39.5. The molecule has 3 unspecified atom stereocenters. The first kappa shape index (κ1) is 36.3. The number of fused-ring (bicyclic) bond motifs is 1. The van der Waals surface area contributed by atoms with E-state index in [0.717, 1.165) is 16.4 Å². The Morgan fingerprint density at radius 1 is 1.25 bits per heavy atom. The number of anilines is 1. The van der Waals surface area contributed by atoms with E-state index >= 15 is 0 Å². The number of carbonyl (C=O) groups is 5. The van der Waals surface area contributed by atoms with Gasteiger partial charge in [-0.15, -0.1) is 16.9 Å². The van der Waals surface area contributed by atoms with Crippen LogP contribution in [0.25, 0.3) is 0 Å². The van der Waals surface area contributed by atoms with Crippen molar-refractivity contribution in [1.82, 2.24) is 45.1 Å². The Hall–Kier alpha value is -4.51. The quantitative estimate of drug-likeness (QED) is 0.0536. The number of nitrogens with two attached hydrogens (primary N) is 1. The van der Waals surface area contributed by atoms with Crippen LogP contribution in [0.4, 0.5) is 9.93 Å². The summed E-state index contributed by atoms with van der Waals surface area (Å²) in [6.45, 7) is 7.52. The zero-order valence-corrected chi connectivity index (χ0v) is 28.6. The number of β-lactam (4-membered cyclic amide) rings is 1. The number of hydrogen-bond donors (Lipinski definition) is 5. The standard InChI is InChI=1S/C25H33N11O9S3/c1-5-12(20(39)40)45-31-13(16-29-22(26)48-32-16)17(37)28-14-18(38)36-15(21(41)42)11(9-46-19(14)36)10-47-23-30-33-34-35(23)8-6-7-27-24(43)44-25(2,3)4/h12,14,19H,5-10H2,1-4H3,(H,27,43)(H,28,37)(H,39,40)(H,41,42)(H2,26,29,32)/b31-13+. The fraction of sp³-hybridized carbons (Fsp3) is 0.560. The summed E-state index contributed by atoms with van der Waals surface area (Å²) in [6.07, 6.45) is -1.36. The molecule has 3 atom stereocenters. The minimum Gasteiger partial charge on any atom is -0.478 e. The number of ether oxygens (including phenoxy) is 1. The lowest BCUT2D eigenvalue weighted by molar-refractivity contribution is -0.151. The highest BCUT2D eigenvalue weighted by atomic mass is 32.2. The summed E-state index contributed by atoms with van der Waals surface area (Å²) in [6, 6.07) is -1.13. The maximum Gasteiger partial charge on any atom is 0.407 e. The zero-order chi connectivity index (χ0) is 35.2. The molecule has 20 nitrogen and oxygen atoms in total. The minimum absolute atomic E-state index is 0.00961. The van der Waals surface area contributed by atoms with Gasteiger partial charge in [0, 0.05) is 36.1 Å². The SMILES string of the molecule is CCC(O/N=C(/C(=O)NC1C(=O)N2C(C(=O)O)=C(CSc3nnnn3CCCNC(=O)OC(C)(C)C)CSC12)c1nsc(N)n1)C(=O)O. The molecular formula is C25H33N11O9S3. The van der Waals surface area contributed by atoms with Crippen molar-refractivity contribution in [3.05, 3.63) is 17.1 Å². The molecule has 0 spiro atoms. The number of aliphatic carboxylic acids is 2. The molecule has 1 saturated heterocycles. The molecule has 2 aliphatic heterocycles. The first-order chi connectivity index (χ1) is 22.7. The monoisotopic (exact) mass is 727 g/mol. The van der Waals surface area contributed by atoms with E-state index in [0.29, 0.717) is 30.2 Å². The Morgan fingerprint density at radius 2 is 2.00 bits per heavy atom. The van der Waals surface area contributed by atoms with Gasteiger partial charge in [-0.05, 0) is 49.6 Å². The number of carboxylic acid groups (broad SMARTS) is 2. The van der Waals surface area contributed by atoms with Gasteiger partial charge < -0.3 is 36.2 Å². The lowest BCUT2D eigenvalue weighted by Gasteiger charge is -2.49. The van der Waals surface area contributed by atoms with E-state index in [1.807, 2.05) is 0 Å². The molecule has 4 heterocycles. The number of rotatable bonds is 15. The molecule has 0 saturated carbocycles. The predicted octanol–water partition coefficient (Wildman–Crippen LogP) is 0.136. The molecule has 2 aliphatic rings. The fourth-order valence-electron chi connectivity index (χ4n) is 4.26. The van der Waals surface area contributed by atoms with Crippen molar-refractivity contribution < 1.29 is 43.8 Å². The van der Waals surface area contributed by atoms with Crippen molar-refractivity contribution in [2.45, 2.75) is 75.4 Å². The van der Waals surface area contributed by atoms with Crippen LogP contribution < -0.4 is 16.4 Å². The van der Waals surface area contributed by atoms with E-state index in [9.17, 15) is 34.2 Å². The summed E-state index contributed by atoms with van der Waals surface area (Å²) < 4.78 is 10.7. The maximum absolute atomic E-state index is 13.2. The molecule has 0 bridgehead atoms. The van der Waals surface area contributed by atoms with Gasteiger partial charge in [0.2, 0.25) is 22.8 Å². The van der Waals surface area contributed by atoms with Gasteiger partial charge in [0.15, 0.2) is 5.13 Å². The second kappa shape index (κ2) is 15.6. The van der Waals surface area contributed by atoms with Crippen LogP contribution >= 0.6 is 35.1 Å². The van der Waals surface area contributed by atoms with Gasteiger partial charge in [-0.2, -0.15) is 9.36 Å². The highest BCUT2D eigenvalue weighted by Crippen LogP contribution is 2.41. The summed E-state index contributed by atoms with van der Waals surface area (Å²) >= 11 is 3.20. The van der Waals surface area contributed by atoms with Crippen LogP contribution in [0.3, 0.4) is 0 Å². The maximum atomic E-state index is 13.2. The Morgan fingerprint density at radius 3 is 2.62 bits per heavy atom. The van der Waals surface area contributed by atoms with Crippen molar-refractivity contribution in [2.24, 2.45) is 5.16 Å². The summed E-state index contributed by atoms with van der Waals surface area (Å²) in [5.74, 6) is -4.09. The average molecular weight is 728 g/mol. The van der Waals surface area contributed by atoms with Crippen LogP contribution in [0.15, 0.2) is 21.6 Å². The van der Waals surface area contributed by atoms with Gasteiger partial charge in [0.25, 0.3) is 11.8 Å². The summed E-state index contributed by atoms with van der Waals surface area (Å²) in [7, 11) is 0. The van der Waals surface area contributed by atoms with Gasteiger partial charge in [0.05, 0.1) is 0 Å². The van der Waals surface area contributed by atoms with Crippen LogP contribution in [0.5, 0.6) is 0 Å². The second-order valence-corrected chi connectivity index (χ2v) is 13.9. The molecule has 1 fully saturated rings. The third kappa shape index (κ3) is 8.89. The Balaban J connectivity index is 1.39. The van der Waals surface area contributed by atoms with Gasteiger partial charge in [0.1, 0.15) is 22.7 Å². The third-order valence-electron chi connectivity index (χ3n) is 6.41. The predicted molar refractivity (Wildman–Crippen MR) is 171 cm³/mol. The van der Waals surface area contributed by atoms with E-state index in [1.165, 1.54) is 28.2 Å². The van der Waals surface area contributed by atoms with Gasteiger partial charge >= 0.3 is 18.0 Å². The number of nitrogens with zero attached hydrogens (tertiary/aromatic N) is 8. The number of amides is 3. The summed E-state index contributed by atoms with van der Waals surface area (Å²) in [4.78, 5) is 72.1. The topological polar surface area (TPSA) is 279 Å². The molecule has 0 radical (unpaired) electrons. The van der Waals surface area contributed by atoms with E-state index < -0.39 is 58.7 Å². The lowest BCUT2D eigenvalue weighted by Crippen LogP contribution is -2.71. The first-order valence-electron chi connectivity index (χ1n) is 14.3. The number of hydrogen-bond acceptors (Lipinski definition) is 17. The number of aromatic nitrogens is 6. The molecule has 4 rings (SSSR count). The van der Waals surface area contributed by atoms with E-state index in [4.69, 9.17) is 15.3 Å². The van der Waals surface area contributed by atoms with Crippen LogP contribution in [-0.4, -0.2) is 121 Å². The molecule has 0 aromatic carbocycles. The van der Waals surface area contributed by atoms with Crippen molar-refractivity contribution in [3.8, 4) is 0 Å². The van der Waals surface area contributed by atoms with E-state index in [-0.39, 0.29) is 34.6 Å². The molecule has 260 valence electrons. The van der Waals surface area contributed by atoms with Gasteiger partial charge in [-0.25, -0.2) is 19.1 Å². The molecular weight excluding hydrogens is 695 g/mol. The average Bonchev–Trinajstić information content (AvgIpc) is 3.65. The van der Waals surface area contributed by atoms with Crippen LogP contribution in [0.1, 0.15) is 46.4 Å². The number of carboxylic acids is 2. The van der Waals surface area contributed by atoms with Gasteiger partial charge in [-0.1, -0.05) is 23.8 Å².